The summed E-state index contributed by atoms with van der Waals surface area (Å²) in [6.07, 6.45) is 1.46. The van der Waals surface area contributed by atoms with Gasteiger partial charge in [-0.15, -0.1) is 0 Å². The number of hydrogen-bond acceptors (Lipinski definition) is 3. The van der Waals surface area contributed by atoms with E-state index in [-0.39, 0.29) is 11.9 Å². The van der Waals surface area contributed by atoms with E-state index in [4.69, 9.17) is 10.2 Å². The van der Waals surface area contributed by atoms with Crippen LogP contribution in [0.1, 0.15) is 17.5 Å². The summed E-state index contributed by atoms with van der Waals surface area (Å²) in [7, 11) is 0. The Bertz CT molecular complexity index is 242. The van der Waals surface area contributed by atoms with Gasteiger partial charge in [-0.2, -0.15) is 0 Å². The van der Waals surface area contributed by atoms with Crippen LogP contribution in [0, 0.1) is 0 Å². The van der Waals surface area contributed by atoms with Crippen LogP contribution in [0.5, 0.6) is 0 Å². The predicted molar refractivity (Wildman–Crippen MR) is 44.7 cm³/mol. The fraction of sp³-hybridized carbons (Fsp3) is 0.375. The van der Waals surface area contributed by atoms with Crippen molar-refractivity contribution in [1.82, 2.24) is 5.32 Å². The Labute approximate surface area is 70.7 Å². The van der Waals surface area contributed by atoms with Crippen molar-refractivity contribution in [3.63, 3.8) is 0 Å². The van der Waals surface area contributed by atoms with E-state index in [2.05, 4.69) is 5.32 Å². The zero-order valence-electron chi connectivity index (χ0n) is 6.91. The van der Waals surface area contributed by atoms with Gasteiger partial charge in [0.15, 0.2) is 5.76 Å². The van der Waals surface area contributed by atoms with Crippen LogP contribution in [0.25, 0.3) is 0 Å². The lowest BCUT2D eigenvalue weighted by Gasteiger charge is -2.04. The highest BCUT2D eigenvalue weighted by atomic mass is 16.3. The van der Waals surface area contributed by atoms with Gasteiger partial charge < -0.3 is 15.5 Å². The van der Waals surface area contributed by atoms with Gasteiger partial charge in [0.1, 0.15) is 0 Å². The molecular weight excluding hydrogens is 156 g/mol. The molecule has 1 aromatic rings. The van der Waals surface area contributed by atoms with Gasteiger partial charge in [0.25, 0.3) is 5.91 Å². The topological polar surface area (TPSA) is 68.3 Å². The maximum atomic E-state index is 11.1. The normalized spacial score (nSPS) is 12.5. The summed E-state index contributed by atoms with van der Waals surface area (Å²) >= 11 is 0. The zero-order valence-corrected chi connectivity index (χ0v) is 6.91. The standard InChI is InChI=1S/C8H12N2O2/c1-6(9)5-10-8(11)7-3-2-4-12-7/h2-4,6H,5,9H2,1H3,(H,10,11). The van der Waals surface area contributed by atoms with E-state index in [1.807, 2.05) is 6.92 Å². The van der Waals surface area contributed by atoms with Crippen molar-refractivity contribution in [2.75, 3.05) is 6.54 Å². The molecule has 0 aliphatic heterocycles. The summed E-state index contributed by atoms with van der Waals surface area (Å²) in [4.78, 5) is 11.1. The molecule has 1 heterocycles. The molecule has 0 saturated heterocycles. The van der Waals surface area contributed by atoms with E-state index in [9.17, 15) is 4.79 Å². The number of carbonyl (C=O) groups is 1. The third kappa shape index (κ3) is 2.39. The molecule has 0 radical (unpaired) electrons. The smallest absolute Gasteiger partial charge is 0.287 e. The third-order valence-electron chi connectivity index (χ3n) is 1.33. The SMILES string of the molecule is CC(N)CNC(=O)c1ccco1. The van der Waals surface area contributed by atoms with Crippen LogP contribution in [-0.2, 0) is 0 Å². The zero-order chi connectivity index (χ0) is 8.97. The maximum absolute atomic E-state index is 11.1. The summed E-state index contributed by atoms with van der Waals surface area (Å²) in [6, 6.07) is 3.24. The van der Waals surface area contributed by atoms with Gasteiger partial charge in [0, 0.05) is 12.6 Å². The number of amides is 1. The molecule has 1 rings (SSSR count). The fourth-order valence-corrected chi connectivity index (χ4v) is 0.749. The lowest BCUT2D eigenvalue weighted by Crippen LogP contribution is -2.34. The van der Waals surface area contributed by atoms with Crippen LogP contribution in [0.2, 0.25) is 0 Å². The van der Waals surface area contributed by atoms with Crippen molar-refractivity contribution >= 4 is 5.91 Å². The quantitative estimate of drug-likeness (QED) is 0.684. The summed E-state index contributed by atoms with van der Waals surface area (Å²) in [6.45, 7) is 2.28. The first kappa shape index (κ1) is 8.80. The molecule has 1 aromatic heterocycles. The molecule has 0 bridgehead atoms. The minimum Gasteiger partial charge on any atom is -0.459 e. The van der Waals surface area contributed by atoms with Crippen molar-refractivity contribution in [2.24, 2.45) is 5.73 Å². The molecular formula is C8H12N2O2. The molecule has 4 nitrogen and oxygen atoms in total. The van der Waals surface area contributed by atoms with Crippen LogP contribution in [0.15, 0.2) is 22.8 Å². The number of carbonyl (C=O) groups excluding carboxylic acids is 1. The van der Waals surface area contributed by atoms with Gasteiger partial charge in [0.05, 0.1) is 6.26 Å². The summed E-state index contributed by atoms with van der Waals surface area (Å²) in [5.41, 5.74) is 5.45. The molecule has 0 fully saturated rings. The highest BCUT2D eigenvalue weighted by molar-refractivity contribution is 5.91. The average molecular weight is 168 g/mol. The molecule has 4 heteroatoms. The average Bonchev–Trinajstić information content (AvgIpc) is 2.51. The van der Waals surface area contributed by atoms with E-state index in [0.29, 0.717) is 12.3 Å². The molecule has 3 N–H and O–H groups in total. The third-order valence-corrected chi connectivity index (χ3v) is 1.33. The van der Waals surface area contributed by atoms with Gasteiger partial charge in [-0.1, -0.05) is 0 Å². The summed E-state index contributed by atoms with van der Waals surface area (Å²) in [5, 5.41) is 2.63. The van der Waals surface area contributed by atoms with Crippen LogP contribution >= 0.6 is 0 Å². The van der Waals surface area contributed by atoms with Crippen LogP contribution in [-0.4, -0.2) is 18.5 Å². The lowest BCUT2D eigenvalue weighted by molar-refractivity contribution is 0.0924. The first-order chi connectivity index (χ1) is 5.70. The number of nitrogens with one attached hydrogen (secondary N) is 1. The Kier molecular flexibility index (Phi) is 2.88. The summed E-state index contributed by atoms with van der Waals surface area (Å²) < 4.78 is 4.87. The van der Waals surface area contributed by atoms with E-state index < -0.39 is 0 Å². The largest absolute Gasteiger partial charge is 0.459 e. The number of furan rings is 1. The first-order valence-corrected chi connectivity index (χ1v) is 3.77. The van der Waals surface area contributed by atoms with Crippen molar-refractivity contribution in [1.29, 1.82) is 0 Å². The second-order valence-electron chi connectivity index (χ2n) is 2.66. The van der Waals surface area contributed by atoms with Gasteiger partial charge in [0.2, 0.25) is 0 Å². The Hall–Kier alpha value is -1.29. The minimum atomic E-state index is -0.225. The van der Waals surface area contributed by atoms with Crippen molar-refractivity contribution in [3.05, 3.63) is 24.2 Å². The molecule has 0 aliphatic rings. The Morgan fingerprint density at radius 3 is 3.08 bits per heavy atom. The molecule has 1 unspecified atom stereocenters. The molecule has 66 valence electrons. The number of hydrogen-bond donors (Lipinski definition) is 2. The van der Waals surface area contributed by atoms with Crippen molar-refractivity contribution in [2.45, 2.75) is 13.0 Å². The van der Waals surface area contributed by atoms with E-state index in [1.165, 1.54) is 6.26 Å². The second-order valence-corrected chi connectivity index (χ2v) is 2.66. The van der Waals surface area contributed by atoms with Gasteiger partial charge >= 0.3 is 0 Å². The molecule has 12 heavy (non-hydrogen) atoms. The first-order valence-electron chi connectivity index (χ1n) is 3.77. The predicted octanol–water partition coefficient (Wildman–Crippen LogP) is 0.357. The maximum Gasteiger partial charge on any atom is 0.287 e. The van der Waals surface area contributed by atoms with Gasteiger partial charge in [-0.3, -0.25) is 4.79 Å². The second kappa shape index (κ2) is 3.92. The highest BCUT2D eigenvalue weighted by Gasteiger charge is 2.07. The number of rotatable bonds is 3. The number of nitrogens with two attached hydrogens (primary N) is 1. The summed E-state index contributed by atoms with van der Waals surface area (Å²) in [5.74, 6) is 0.0907. The Morgan fingerprint density at radius 2 is 2.58 bits per heavy atom. The van der Waals surface area contributed by atoms with Crippen LogP contribution in [0.3, 0.4) is 0 Å². The Balaban J connectivity index is 2.40. The lowest BCUT2D eigenvalue weighted by atomic mass is 10.3. The van der Waals surface area contributed by atoms with Crippen LogP contribution in [0.4, 0.5) is 0 Å². The molecule has 0 aromatic carbocycles. The van der Waals surface area contributed by atoms with Crippen molar-refractivity contribution < 1.29 is 9.21 Å². The fourth-order valence-electron chi connectivity index (χ4n) is 0.749. The van der Waals surface area contributed by atoms with Crippen molar-refractivity contribution in [3.8, 4) is 0 Å². The molecule has 1 amide bonds. The van der Waals surface area contributed by atoms with E-state index in [1.54, 1.807) is 12.1 Å². The van der Waals surface area contributed by atoms with Gasteiger partial charge in [-0.05, 0) is 19.1 Å². The van der Waals surface area contributed by atoms with E-state index in [0.717, 1.165) is 0 Å². The van der Waals surface area contributed by atoms with Gasteiger partial charge in [-0.25, -0.2) is 0 Å². The molecule has 0 spiro atoms. The highest BCUT2D eigenvalue weighted by Crippen LogP contribution is 1.98. The molecule has 0 aliphatic carbocycles. The minimum absolute atomic E-state index is 0.0380. The van der Waals surface area contributed by atoms with E-state index >= 15 is 0 Å². The molecule has 0 saturated carbocycles. The molecule has 1 atom stereocenters. The Morgan fingerprint density at radius 1 is 1.83 bits per heavy atom. The monoisotopic (exact) mass is 168 g/mol. The van der Waals surface area contributed by atoms with Crippen LogP contribution < -0.4 is 11.1 Å².